The Bertz CT molecular complexity index is 960. The maximum absolute atomic E-state index is 13.2. The highest BCUT2D eigenvalue weighted by molar-refractivity contribution is 5.98. The minimum atomic E-state index is -0.208. The van der Waals surface area contributed by atoms with Crippen LogP contribution in [0.2, 0.25) is 0 Å². The van der Waals surface area contributed by atoms with Gasteiger partial charge in [-0.05, 0) is 81.5 Å². The first-order chi connectivity index (χ1) is 13.0. The standard InChI is InChI=1S/C23H25FN2O/c1-15-13-19-14-18(7-12-22(19)25-15)23(27)26-16(2)3-10-21(26)11-6-17-4-8-20(24)9-5-17/h4-5,7-9,12-14,16,21,25H,3,6,10-11H2,1-2H3/t16-,21-/m1/s1. The quantitative estimate of drug-likeness (QED) is 0.675. The van der Waals surface area contributed by atoms with Gasteiger partial charge in [-0.2, -0.15) is 0 Å². The van der Waals surface area contributed by atoms with Crippen LogP contribution < -0.4 is 0 Å². The zero-order valence-electron chi connectivity index (χ0n) is 15.8. The van der Waals surface area contributed by atoms with E-state index in [1.54, 1.807) is 0 Å². The highest BCUT2D eigenvalue weighted by Gasteiger charge is 2.34. The fourth-order valence-electron chi connectivity index (χ4n) is 4.27. The fourth-order valence-corrected chi connectivity index (χ4v) is 4.27. The number of amides is 1. The molecule has 0 saturated carbocycles. The van der Waals surface area contributed by atoms with Gasteiger partial charge in [-0.15, -0.1) is 0 Å². The molecule has 1 saturated heterocycles. The molecule has 2 heterocycles. The number of halogens is 1. The molecule has 140 valence electrons. The van der Waals surface area contributed by atoms with E-state index in [2.05, 4.69) is 22.9 Å². The number of nitrogens with zero attached hydrogens (tertiary/aromatic N) is 1. The van der Waals surface area contributed by atoms with Gasteiger partial charge < -0.3 is 9.88 Å². The van der Waals surface area contributed by atoms with Gasteiger partial charge in [-0.25, -0.2) is 4.39 Å². The monoisotopic (exact) mass is 364 g/mol. The molecule has 0 bridgehead atoms. The molecule has 2 aromatic carbocycles. The summed E-state index contributed by atoms with van der Waals surface area (Å²) in [5, 5.41) is 1.08. The SMILES string of the molecule is Cc1cc2cc(C(=O)N3[C@@H](CCc4ccc(F)cc4)CC[C@H]3C)ccc2[nH]1. The van der Waals surface area contributed by atoms with Crippen LogP contribution in [0.5, 0.6) is 0 Å². The fraction of sp³-hybridized carbons (Fsp3) is 0.348. The van der Waals surface area contributed by atoms with Gasteiger partial charge >= 0.3 is 0 Å². The Morgan fingerprint density at radius 3 is 2.70 bits per heavy atom. The molecule has 1 aromatic heterocycles. The highest BCUT2D eigenvalue weighted by atomic mass is 19.1. The van der Waals surface area contributed by atoms with Gasteiger partial charge in [0.05, 0.1) is 0 Å². The number of H-pyrrole nitrogens is 1. The topological polar surface area (TPSA) is 36.1 Å². The minimum absolute atomic E-state index is 0.116. The van der Waals surface area contributed by atoms with Crippen LogP contribution in [-0.2, 0) is 6.42 Å². The van der Waals surface area contributed by atoms with Gasteiger partial charge in [-0.3, -0.25) is 4.79 Å². The normalized spacial score (nSPS) is 19.7. The van der Waals surface area contributed by atoms with Crippen LogP contribution in [0.4, 0.5) is 4.39 Å². The van der Waals surface area contributed by atoms with Gasteiger partial charge in [0.15, 0.2) is 0 Å². The van der Waals surface area contributed by atoms with Gasteiger partial charge in [0.2, 0.25) is 0 Å². The minimum Gasteiger partial charge on any atom is -0.359 e. The molecule has 0 radical (unpaired) electrons. The second kappa shape index (κ2) is 7.18. The van der Waals surface area contributed by atoms with Crippen molar-refractivity contribution in [3.63, 3.8) is 0 Å². The van der Waals surface area contributed by atoms with Crippen LogP contribution in [0.3, 0.4) is 0 Å². The Kier molecular flexibility index (Phi) is 4.73. The Morgan fingerprint density at radius 2 is 1.93 bits per heavy atom. The number of carbonyl (C=O) groups is 1. The molecule has 1 aliphatic rings. The lowest BCUT2D eigenvalue weighted by Gasteiger charge is -2.29. The van der Waals surface area contributed by atoms with Crippen molar-refractivity contribution >= 4 is 16.8 Å². The average molecular weight is 364 g/mol. The van der Waals surface area contributed by atoms with Crippen molar-refractivity contribution < 1.29 is 9.18 Å². The molecule has 2 atom stereocenters. The summed E-state index contributed by atoms with van der Waals surface area (Å²) in [4.78, 5) is 18.6. The van der Waals surface area contributed by atoms with Crippen molar-refractivity contribution in [1.29, 1.82) is 0 Å². The van der Waals surface area contributed by atoms with Crippen molar-refractivity contribution in [3.8, 4) is 0 Å². The van der Waals surface area contributed by atoms with E-state index in [1.165, 1.54) is 12.1 Å². The van der Waals surface area contributed by atoms with Crippen molar-refractivity contribution in [2.75, 3.05) is 0 Å². The van der Waals surface area contributed by atoms with E-state index in [9.17, 15) is 9.18 Å². The molecule has 4 heteroatoms. The molecular weight excluding hydrogens is 339 g/mol. The summed E-state index contributed by atoms with van der Waals surface area (Å²) in [6.07, 6.45) is 3.83. The van der Waals surface area contributed by atoms with Crippen molar-refractivity contribution in [2.45, 2.75) is 51.6 Å². The van der Waals surface area contributed by atoms with E-state index in [0.717, 1.165) is 53.4 Å². The predicted octanol–water partition coefficient (Wildman–Crippen LogP) is 5.24. The molecule has 1 N–H and O–H groups in total. The van der Waals surface area contributed by atoms with Gasteiger partial charge in [0.1, 0.15) is 5.82 Å². The lowest BCUT2D eigenvalue weighted by atomic mass is 10.0. The van der Waals surface area contributed by atoms with E-state index < -0.39 is 0 Å². The Labute approximate surface area is 159 Å². The number of benzene rings is 2. The van der Waals surface area contributed by atoms with E-state index in [-0.39, 0.29) is 23.8 Å². The summed E-state index contributed by atoms with van der Waals surface area (Å²) in [6.45, 7) is 4.16. The van der Waals surface area contributed by atoms with Crippen LogP contribution in [0.15, 0.2) is 48.5 Å². The first-order valence-corrected chi connectivity index (χ1v) is 9.68. The van der Waals surface area contributed by atoms with Gasteiger partial charge in [0, 0.05) is 34.2 Å². The number of hydrogen-bond donors (Lipinski definition) is 1. The number of hydrogen-bond acceptors (Lipinski definition) is 1. The first kappa shape index (κ1) is 17.8. The molecule has 3 nitrogen and oxygen atoms in total. The second-order valence-electron chi connectivity index (χ2n) is 7.71. The number of aromatic amines is 1. The zero-order valence-corrected chi connectivity index (χ0v) is 15.8. The molecule has 3 aromatic rings. The molecule has 27 heavy (non-hydrogen) atoms. The number of carbonyl (C=O) groups excluding carboxylic acids is 1. The smallest absolute Gasteiger partial charge is 0.254 e. The number of aromatic nitrogens is 1. The third kappa shape index (κ3) is 3.61. The van der Waals surface area contributed by atoms with Crippen LogP contribution in [0.1, 0.15) is 47.8 Å². The third-order valence-corrected chi connectivity index (χ3v) is 5.70. The first-order valence-electron chi connectivity index (χ1n) is 9.68. The van der Waals surface area contributed by atoms with Crippen LogP contribution in [0, 0.1) is 12.7 Å². The van der Waals surface area contributed by atoms with Crippen molar-refractivity contribution in [2.24, 2.45) is 0 Å². The maximum atomic E-state index is 13.2. The highest BCUT2D eigenvalue weighted by Crippen LogP contribution is 2.30. The maximum Gasteiger partial charge on any atom is 0.254 e. The molecule has 1 aliphatic heterocycles. The zero-order chi connectivity index (χ0) is 19.0. The number of aryl methyl sites for hydroxylation is 2. The lowest BCUT2D eigenvalue weighted by molar-refractivity contribution is 0.0673. The average Bonchev–Trinajstić information content (AvgIpc) is 3.21. The Morgan fingerprint density at radius 1 is 1.15 bits per heavy atom. The van der Waals surface area contributed by atoms with E-state index in [1.807, 2.05) is 37.3 Å². The molecule has 1 fully saturated rings. The van der Waals surface area contributed by atoms with Crippen LogP contribution in [-0.4, -0.2) is 27.9 Å². The molecule has 0 aliphatic carbocycles. The number of rotatable bonds is 4. The summed E-state index contributed by atoms with van der Waals surface area (Å²) < 4.78 is 13.1. The van der Waals surface area contributed by atoms with Crippen LogP contribution >= 0.6 is 0 Å². The Hall–Kier alpha value is -2.62. The van der Waals surface area contributed by atoms with Crippen LogP contribution in [0.25, 0.3) is 10.9 Å². The summed E-state index contributed by atoms with van der Waals surface area (Å²) in [6, 6.07) is 15.1. The summed E-state index contributed by atoms with van der Waals surface area (Å²) in [5.41, 5.74) is 4.03. The molecular formula is C23H25FN2O. The van der Waals surface area contributed by atoms with Gasteiger partial charge in [-0.1, -0.05) is 12.1 Å². The molecule has 1 amide bonds. The van der Waals surface area contributed by atoms with E-state index >= 15 is 0 Å². The predicted molar refractivity (Wildman–Crippen MR) is 106 cm³/mol. The Balaban J connectivity index is 1.51. The summed E-state index contributed by atoms with van der Waals surface area (Å²) in [5.74, 6) is -0.0923. The third-order valence-electron chi connectivity index (χ3n) is 5.70. The molecule has 4 rings (SSSR count). The van der Waals surface area contributed by atoms with Crippen molar-refractivity contribution in [1.82, 2.24) is 9.88 Å². The van der Waals surface area contributed by atoms with E-state index in [4.69, 9.17) is 0 Å². The summed E-state index contributed by atoms with van der Waals surface area (Å²) >= 11 is 0. The number of likely N-dealkylation sites (tertiary alicyclic amines) is 1. The second-order valence-corrected chi connectivity index (χ2v) is 7.71. The number of fused-ring (bicyclic) bond motifs is 1. The largest absolute Gasteiger partial charge is 0.359 e. The van der Waals surface area contributed by atoms with Crippen molar-refractivity contribution in [3.05, 3.63) is 71.2 Å². The lowest BCUT2D eigenvalue weighted by Crippen LogP contribution is -2.40. The molecule has 0 unspecified atom stereocenters. The van der Waals surface area contributed by atoms with Gasteiger partial charge in [0.25, 0.3) is 5.91 Å². The van der Waals surface area contributed by atoms with E-state index in [0.29, 0.717) is 0 Å². The number of nitrogens with one attached hydrogen (secondary N) is 1. The molecule has 0 spiro atoms. The summed E-state index contributed by atoms with van der Waals surface area (Å²) in [7, 11) is 0.